The first kappa shape index (κ1) is 9.98. The van der Waals surface area contributed by atoms with Gasteiger partial charge in [-0.25, -0.2) is 4.98 Å². The van der Waals surface area contributed by atoms with E-state index in [0.29, 0.717) is 5.92 Å². The zero-order chi connectivity index (χ0) is 10.2. The highest BCUT2D eigenvalue weighted by Gasteiger charge is 2.35. The fraction of sp³-hybridized carbons (Fsp3) is 0.667. The number of hydrogen-bond acceptors (Lipinski definition) is 3. The number of halogens is 2. The first-order valence-electron chi connectivity index (χ1n) is 4.67. The summed E-state index contributed by atoms with van der Waals surface area (Å²) >= 11 is 1.34. The van der Waals surface area contributed by atoms with Gasteiger partial charge in [-0.05, 0) is 19.4 Å². The summed E-state index contributed by atoms with van der Waals surface area (Å²) in [4.78, 5) is 3.98. The Balaban J connectivity index is 2.14. The molecule has 0 aromatic carbocycles. The molecule has 1 fully saturated rings. The molecular formula is C9H12F2N2S. The number of hydrogen-bond donors (Lipinski definition) is 1. The summed E-state index contributed by atoms with van der Waals surface area (Å²) in [7, 11) is 0. The fourth-order valence-corrected chi connectivity index (χ4v) is 2.32. The summed E-state index contributed by atoms with van der Waals surface area (Å²) in [6.45, 7) is -0.0106. The molecule has 1 heterocycles. The minimum absolute atomic E-state index is 0.0106. The topological polar surface area (TPSA) is 38.9 Å². The van der Waals surface area contributed by atoms with Crippen molar-refractivity contribution in [3.63, 3.8) is 0 Å². The molecule has 0 atom stereocenters. The first-order chi connectivity index (χ1) is 6.63. The predicted octanol–water partition coefficient (Wildman–Crippen LogP) is 2.46. The molecule has 1 saturated carbocycles. The number of nitrogens with two attached hydrogens (primary N) is 1. The number of rotatable bonds is 4. The van der Waals surface area contributed by atoms with Gasteiger partial charge in [0.2, 0.25) is 0 Å². The van der Waals surface area contributed by atoms with Crippen LogP contribution in [0.15, 0.2) is 5.38 Å². The van der Waals surface area contributed by atoms with Crippen LogP contribution in [0.2, 0.25) is 0 Å². The Morgan fingerprint density at radius 3 is 2.86 bits per heavy atom. The van der Waals surface area contributed by atoms with Crippen LogP contribution in [0.25, 0.3) is 0 Å². The van der Waals surface area contributed by atoms with Gasteiger partial charge in [0.1, 0.15) is 5.69 Å². The molecule has 14 heavy (non-hydrogen) atoms. The third-order valence-electron chi connectivity index (χ3n) is 2.28. The van der Waals surface area contributed by atoms with Crippen LogP contribution >= 0.6 is 11.3 Å². The van der Waals surface area contributed by atoms with Crippen LogP contribution in [0.4, 0.5) is 8.78 Å². The van der Waals surface area contributed by atoms with Gasteiger partial charge in [0.15, 0.2) is 0 Å². The summed E-state index contributed by atoms with van der Waals surface area (Å²) < 4.78 is 26.6. The van der Waals surface area contributed by atoms with E-state index in [1.54, 1.807) is 0 Å². The zero-order valence-corrected chi connectivity index (χ0v) is 8.49. The Kier molecular flexibility index (Phi) is 2.53. The molecule has 0 amide bonds. The van der Waals surface area contributed by atoms with Crippen LogP contribution in [0.5, 0.6) is 0 Å². The van der Waals surface area contributed by atoms with Gasteiger partial charge in [-0.2, -0.15) is 8.78 Å². The molecule has 1 aliphatic carbocycles. The van der Waals surface area contributed by atoms with Gasteiger partial charge in [0.05, 0.1) is 5.01 Å². The zero-order valence-electron chi connectivity index (χ0n) is 7.67. The van der Waals surface area contributed by atoms with Gasteiger partial charge in [-0.15, -0.1) is 11.3 Å². The van der Waals surface area contributed by atoms with Crippen LogP contribution in [0.3, 0.4) is 0 Å². The van der Waals surface area contributed by atoms with Gasteiger partial charge in [-0.1, -0.05) is 0 Å². The second-order valence-corrected chi connectivity index (χ2v) is 4.48. The number of thiazole rings is 1. The molecule has 78 valence electrons. The van der Waals surface area contributed by atoms with E-state index in [-0.39, 0.29) is 18.7 Å². The second-order valence-electron chi connectivity index (χ2n) is 3.59. The SMILES string of the molecule is NCCC(F)(F)c1csc(C2CC2)n1. The molecule has 2 N–H and O–H groups in total. The van der Waals surface area contributed by atoms with Crippen molar-refractivity contribution < 1.29 is 8.78 Å². The van der Waals surface area contributed by atoms with Gasteiger partial charge in [-0.3, -0.25) is 0 Å². The standard InChI is InChI=1S/C9H12F2N2S/c10-9(11,3-4-12)7-5-14-8(13-7)6-1-2-6/h5-6H,1-4,12H2. The van der Waals surface area contributed by atoms with Crippen LogP contribution < -0.4 is 5.73 Å². The van der Waals surface area contributed by atoms with Crippen molar-refractivity contribution in [2.45, 2.75) is 31.1 Å². The summed E-state index contributed by atoms with van der Waals surface area (Å²) in [5, 5.41) is 2.32. The molecule has 0 spiro atoms. The maximum atomic E-state index is 13.3. The summed E-state index contributed by atoms with van der Waals surface area (Å²) in [6, 6.07) is 0. The van der Waals surface area contributed by atoms with E-state index in [9.17, 15) is 8.78 Å². The molecule has 2 rings (SSSR count). The largest absolute Gasteiger partial charge is 0.330 e. The van der Waals surface area contributed by atoms with Gasteiger partial charge in [0, 0.05) is 17.7 Å². The van der Waals surface area contributed by atoms with Gasteiger partial charge in [0.25, 0.3) is 5.92 Å². The average Bonchev–Trinajstić information content (AvgIpc) is 2.83. The molecule has 0 radical (unpaired) electrons. The van der Waals surface area contributed by atoms with E-state index in [2.05, 4.69) is 4.98 Å². The molecule has 0 bridgehead atoms. The number of alkyl halides is 2. The maximum absolute atomic E-state index is 13.3. The molecule has 0 unspecified atom stereocenters. The van der Waals surface area contributed by atoms with Gasteiger partial charge < -0.3 is 5.73 Å². The highest BCUT2D eigenvalue weighted by Crippen LogP contribution is 2.43. The predicted molar refractivity (Wildman–Crippen MR) is 51.7 cm³/mol. The quantitative estimate of drug-likeness (QED) is 0.843. The van der Waals surface area contributed by atoms with E-state index in [1.807, 2.05) is 0 Å². The van der Waals surface area contributed by atoms with Crippen molar-refractivity contribution >= 4 is 11.3 Å². The van der Waals surface area contributed by atoms with Gasteiger partial charge >= 0.3 is 0 Å². The van der Waals surface area contributed by atoms with Crippen molar-refractivity contribution in [1.29, 1.82) is 0 Å². The van der Waals surface area contributed by atoms with Crippen molar-refractivity contribution in [1.82, 2.24) is 4.98 Å². The molecule has 2 nitrogen and oxygen atoms in total. The summed E-state index contributed by atoms with van der Waals surface area (Å²) in [5.41, 5.74) is 5.02. The van der Waals surface area contributed by atoms with Crippen molar-refractivity contribution in [2.75, 3.05) is 6.54 Å². The third kappa shape index (κ3) is 1.93. The lowest BCUT2D eigenvalue weighted by molar-refractivity contribution is -0.0146. The van der Waals surface area contributed by atoms with Crippen molar-refractivity contribution in [2.24, 2.45) is 5.73 Å². The van der Waals surface area contributed by atoms with E-state index in [1.165, 1.54) is 16.7 Å². The van der Waals surface area contributed by atoms with Crippen molar-refractivity contribution in [3.05, 3.63) is 16.1 Å². The van der Waals surface area contributed by atoms with Crippen LogP contribution in [-0.4, -0.2) is 11.5 Å². The third-order valence-corrected chi connectivity index (χ3v) is 3.29. The van der Waals surface area contributed by atoms with E-state index in [0.717, 1.165) is 17.8 Å². The average molecular weight is 218 g/mol. The fourth-order valence-electron chi connectivity index (χ4n) is 1.28. The highest BCUT2D eigenvalue weighted by atomic mass is 32.1. The second kappa shape index (κ2) is 3.55. The Labute approximate surface area is 85.1 Å². The Morgan fingerprint density at radius 2 is 2.29 bits per heavy atom. The highest BCUT2D eigenvalue weighted by molar-refractivity contribution is 7.09. The molecule has 1 aliphatic rings. The van der Waals surface area contributed by atoms with E-state index >= 15 is 0 Å². The minimum Gasteiger partial charge on any atom is -0.330 e. The number of nitrogens with zero attached hydrogens (tertiary/aromatic N) is 1. The molecule has 5 heteroatoms. The Hall–Kier alpha value is -0.550. The molecule has 1 aromatic heterocycles. The van der Waals surface area contributed by atoms with E-state index < -0.39 is 5.92 Å². The normalized spacial score (nSPS) is 17.4. The lowest BCUT2D eigenvalue weighted by atomic mass is 10.2. The number of aromatic nitrogens is 1. The van der Waals surface area contributed by atoms with Crippen molar-refractivity contribution in [3.8, 4) is 0 Å². The monoisotopic (exact) mass is 218 g/mol. The lowest BCUT2D eigenvalue weighted by Crippen LogP contribution is -2.19. The molecule has 0 saturated heterocycles. The molecular weight excluding hydrogens is 206 g/mol. The Morgan fingerprint density at radius 1 is 1.57 bits per heavy atom. The minimum atomic E-state index is -2.85. The molecule has 0 aliphatic heterocycles. The summed E-state index contributed by atoms with van der Waals surface area (Å²) in [5.74, 6) is -2.40. The first-order valence-corrected chi connectivity index (χ1v) is 5.55. The molecule has 1 aromatic rings. The lowest BCUT2D eigenvalue weighted by Gasteiger charge is -2.11. The van der Waals surface area contributed by atoms with Crippen LogP contribution in [0.1, 0.15) is 35.9 Å². The van der Waals surface area contributed by atoms with E-state index in [4.69, 9.17) is 5.73 Å². The Bertz CT molecular complexity index is 320. The van der Waals surface area contributed by atoms with Crippen LogP contribution in [0, 0.1) is 0 Å². The smallest absolute Gasteiger partial charge is 0.291 e. The van der Waals surface area contributed by atoms with Crippen LogP contribution in [-0.2, 0) is 5.92 Å². The maximum Gasteiger partial charge on any atom is 0.291 e. The summed E-state index contributed by atoms with van der Waals surface area (Å²) in [6.07, 6.45) is 1.87.